The van der Waals surface area contributed by atoms with E-state index in [-0.39, 0.29) is 11.5 Å². The standard InChI is InChI=1S/C36H16N4O2S/c37-17-27-35-26-16-21(10-13-32(26)43-36(35)40-33(18-38)39-27)22-5-3-7-31-34(22)25-15-20(9-12-30(25)42-31)19-8-11-29-24(14-19)23-4-1-2-6-28(23)41-29/h1-16H. The number of hydrogen-bond donors (Lipinski definition) is 0. The maximum Gasteiger partial charge on any atom is 0.234 e. The van der Waals surface area contributed by atoms with E-state index in [2.05, 4.69) is 64.6 Å². The molecule has 0 aliphatic rings. The number of thiophene rings is 1. The molecular formula is C36H16N4O2S. The lowest BCUT2D eigenvalue weighted by molar-refractivity contribution is 0.668. The molecule has 0 unspecified atom stereocenters. The van der Waals surface area contributed by atoms with E-state index < -0.39 is 0 Å². The van der Waals surface area contributed by atoms with E-state index in [0.29, 0.717) is 10.2 Å². The number of fused-ring (bicyclic) bond motifs is 9. The van der Waals surface area contributed by atoms with Crippen LogP contribution in [0, 0.1) is 22.7 Å². The third-order valence-corrected chi connectivity index (χ3v) is 9.12. The van der Waals surface area contributed by atoms with E-state index in [9.17, 15) is 10.5 Å². The fourth-order valence-electron chi connectivity index (χ4n) is 6.13. The minimum atomic E-state index is 0.00127. The molecule has 0 N–H and O–H groups in total. The Morgan fingerprint density at radius 1 is 0.558 bits per heavy atom. The van der Waals surface area contributed by atoms with Crippen LogP contribution in [0.4, 0.5) is 0 Å². The second kappa shape index (κ2) is 8.74. The van der Waals surface area contributed by atoms with Crippen LogP contribution in [-0.2, 0) is 0 Å². The Balaban J connectivity index is 1.25. The quantitative estimate of drug-likeness (QED) is 0.206. The highest BCUT2D eigenvalue weighted by molar-refractivity contribution is 7.25. The second-order valence-corrected chi connectivity index (χ2v) is 11.4. The summed E-state index contributed by atoms with van der Waals surface area (Å²) in [7, 11) is 0. The number of rotatable bonds is 2. The Morgan fingerprint density at radius 2 is 1.26 bits per heavy atom. The molecule has 0 fully saturated rings. The Hall–Kier alpha value is -6.02. The first kappa shape index (κ1) is 23.7. The molecule has 7 heteroatoms. The van der Waals surface area contributed by atoms with Gasteiger partial charge in [-0.15, -0.1) is 11.3 Å². The minimum absolute atomic E-state index is 0.00127. The lowest BCUT2D eigenvalue weighted by Gasteiger charge is -2.06. The van der Waals surface area contributed by atoms with Crippen molar-refractivity contribution in [2.75, 3.05) is 0 Å². The number of nitriles is 2. The number of hydrogen-bond acceptors (Lipinski definition) is 7. The summed E-state index contributed by atoms with van der Waals surface area (Å²) in [5.41, 5.74) is 7.77. The van der Waals surface area contributed by atoms with Crippen LogP contribution < -0.4 is 0 Å². The first-order chi connectivity index (χ1) is 21.2. The number of para-hydroxylation sites is 1. The Bertz CT molecular complexity index is 2720. The minimum Gasteiger partial charge on any atom is -0.456 e. The molecule has 9 aromatic rings. The first-order valence-corrected chi connectivity index (χ1v) is 14.4. The molecule has 0 amide bonds. The molecule has 5 aromatic carbocycles. The molecular weight excluding hydrogens is 552 g/mol. The molecule has 0 saturated carbocycles. The molecule has 198 valence electrons. The van der Waals surface area contributed by atoms with Gasteiger partial charge in [0.05, 0.1) is 5.39 Å². The van der Waals surface area contributed by atoms with Gasteiger partial charge in [-0.25, -0.2) is 9.97 Å². The summed E-state index contributed by atoms with van der Waals surface area (Å²) in [5, 5.41) is 24.9. The third-order valence-electron chi connectivity index (χ3n) is 8.05. The van der Waals surface area contributed by atoms with Crippen LogP contribution in [0.3, 0.4) is 0 Å². The van der Waals surface area contributed by atoms with Crippen molar-refractivity contribution < 1.29 is 8.83 Å². The average Bonchev–Trinajstić information content (AvgIpc) is 3.74. The van der Waals surface area contributed by atoms with Gasteiger partial charge >= 0.3 is 0 Å². The summed E-state index contributed by atoms with van der Waals surface area (Å²) in [4.78, 5) is 9.17. The number of furan rings is 2. The van der Waals surface area contributed by atoms with Crippen molar-refractivity contribution in [3.05, 3.63) is 109 Å². The van der Waals surface area contributed by atoms with Crippen molar-refractivity contribution in [2.45, 2.75) is 0 Å². The van der Waals surface area contributed by atoms with Crippen molar-refractivity contribution in [3.8, 4) is 34.4 Å². The number of nitrogens with zero attached hydrogens (tertiary/aromatic N) is 4. The van der Waals surface area contributed by atoms with Crippen LogP contribution in [-0.4, -0.2) is 9.97 Å². The predicted molar refractivity (Wildman–Crippen MR) is 170 cm³/mol. The van der Waals surface area contributed by atoms with Crippen molar-refractivity contribution in [1.82, 2.24) is 9.97 Å². The SMILES string of the molecule is N#Cc1nc(C#N)c2c(n1)sc1ccc(-c3cccc4oc5ccc(-c6ccc7oc8ccccc8c7c6)cc5c34)cc12. The van der Waals surface area contributed by atoms with Gasteiger partial charge in [0.1, 0.15) is 39.3 Å². The van der Waals surface area contributed by atoms with E-state index in [1.807, 2.05) is 54.6 Å². The van der Waals surface area contributed by atoms with Crippen molar-refractivity contribution in [3.63, 3.8) is 0 Å². The molecule has 0 atom stereocenters. The summed E-state index contributed by atoms with van der Waals surface area (Å²) in [6.45, 7) is 0. The van der Waals surface area contributed by atoms with Gasteiger partial charge in [-0.3, -0.25) is 0 Å². The fourth-order valence-corrected chi connectivity index (χ4v) is 7.18. The maximum atomic E-state index is 9.81. The van der Waals surface area contributed by atoms with E-state index in [0.717, 1.165) is 76.2 Å². The highest BCUT2D eigenvalue weighted by Gasteiger charge is 2.18. The van der Waals surface area contributed by atoms with Gasteiger partial charge in [-0.1, -0.05) is 48.5 Å². The zero-order valence-electron chi connectivity index (χ0n) is 22.3. The summed E-state index contributed by atoms with van der Waals surface area (Å²) in [5.74, 6) is 0.00127. The number of benzene rings is 5. The topological polar surface area (TPSA) is 99.6 Å². The van der Waals surface area contributed by atoms with Crippen LogP contribution >= 0.6 is 11.3 Å². The smallest absolute Gasteiger partial charge is 0.234 e. The summed E-state index contributed by atoms with van der Waals surface area (Å²) >= 11 is 1.46. The first-order valence-electron chi connectivity index (χ1n) is 13.6. The van der Waals surface area contributed by atoms with Crippen molar-refractivity contribution in [1.29, 1.82) is 10.5 Å². The summed E-state index contributed by atoms with van der Waals surface area (Å²) in [6, 6.07) is 37.1. The van der Waals surface area contributed by atoms with Crippen LogP contribution in [0.1, 0.15) is 11.5 Å². The highest BCUT2D eigenvalue weighted by atomic mass is 32.1. The Kier molecular flexibility index (Phi) is 4.81. The van der Waals surface area contributed by atoms with Crippen molar-refractivity contribution in [2.24, 2.45) is 0 Å². The largest absolute Gasteiger partial charge is 0.456 e. The van der Waals surface area contributed by atoms with Crippen LogP contribution in [0.5, 0.6) is 0 Å². The Morgan fingerprint density at radius 3 is 2.09 bits per heavy atom. The maximum absolute atomic E-state index is 9.81. The average molecular weight is 569 g/mol. The molecule has 0 saturated heterocycles. The second-order valence-electron chi connectivity index (χ2n) is 10.4. The lowest BCUT2D eigenvalue weighted by atomic mass is 9.96. The van der Waals surface area contributed by atoms with Gasteiger partial charge in [0.2, 0.25) is 5.82 Å². The third kappa shape index (κ3) is 3.43. The monoisotopic (exact) mass is 568 g/mol. The summed E-state index contributed by atoms with van der Waals surface area (Å²) in [6.07, 6.45) is 0. The molecule has 0 bridgehead atoms. The molecule has 0 aliphatic carbocycles. The van der Waals surface area contributed by atoms with Crippen LogP contribution in [0.15, 0.2) is 106 Å². The zero-order valence-corrected chi connectivity index (χ0v) is 23.1. The zero-order chi connectivity index (χ0) is 28.7. The van der Waals surface area contributed by atoms with E-state index in [4.69, 9.17) is 8.83 Å². The molecule has 4 aromatic heterocycles. The van der Waals surface area contributed by atoms with E-state index in [1.54, 1.807) is 0 Å². The normalized spacial score (nSPS) is 11.7. The van der Waals surface area contributed by atoms with Crippen molar-refractivity contribution >= 4 is 75.5 Å². The van der Waals surface area contributed by atoms with Gasteiger partial charge in [0.25, 0.3) is 0 Å². The summed E-state index contributed by atoms with van der Waals surface area (Å²) < 4.78 is 13.3. The molecule has 9 rings (SSSR count). The molecule has 4 heterocycles. The van der Waals surface area contributed by atoms with Gasteiger partial charge < -0.3 is 8.83 Å². The Labute approximate surface area is 247 Å². The number of aromatic nitrogens is 2. The van der Waals surface area contributed by atoms with Gasteiger partial charge in [-0.2, -0.15) is 10.5 Å². The highest BCUT2D eigenvalue weighted by Crippen LogP contribution is 2.42. The van der Waals surface area contributed by atoms with Gasteiger partial charge in [-0.05, 0) is 70.8 Å². The molecule has 6 nitrogen and oxygen atoms in total. The van der Waals surface area contributed by atoms with E-state index >= 15 is 0 Å². The van der Waals surface area contributed by atoms with Crippen LogP contribution in [0.25, 0.3) is 86.4 Å². The molecule has 43 heavy (non-hydrogen) atoms. The van der Waals surface area contributed by atoms with Crippen LogP contribution in [0.2, 0.25) is 0 Å². The van der Waals surface area contributed by atoms with Gasteiger partial charge in [0.15, 0.2) is 5.69 Å². The fraction of sp³-hybridized carbons (Fsp3) is 0. The molecule has 0 aliphatic heterocycles. The van der Waals surface area contributed by atoms with Gasteiger partial charge in [0, 0.05) is 31.6 Å². The molecule has 0 radical (unpaired) electrons. The predicted octanol–water partition coefficient (Wildman–Crippen LogP) is 9.72. The lowest BCUT2D eigenvalue weighted by Crippen LogP contribution is -1.92. The van der Waals surface area contributed by atoms with E-state index in [1.165, 1.54) is 11.3 Å². The molecule has 0 spiro atoms.